The third-order valence-electron chi connectivity index (χ3n) is 2.31. The number of primary amides is 1. The zero-order valence-corrected chi connectivity index (χ0v) is 9.70. The molecule has 3 N–H and O–H groups in total. The summed E-state index contributed by atoms with van der Waals surface area (Å²) in [5.41, 5.74) is 7.26. The van der Waals surface area contributed by atoms with Crippen molar-refractivity contribution in [3.63, 3.8) is 0 Å². The van der Waals surface area contributed by atoms with E-state index in [-0.39, 0.29) is 5.91 Å². The standard InChI is InChI=1S/C12H19N3O/c1-10-5-6-11(15-8-10)9-14-7-3-2-4-12(13)16/h5-6,8,14H,2-4,7,9H2,1H3,(H2,13,16). The molecule has 0 radical (unpaired) electrons. The minimum Gasteiger partial charge on any atom is -0.370 e. The van der Waals surface area contributed by atoms with Gasteiger partial charge in [-0.05, 0) is 37.9 Å². The molecular formula is C12H19N3O. The Bertz CT molecular complexity index is 322. The molecule has 0 unspecified atom stereocenters. The maximum atomic E-state index is 10.5. The summed E-state index contributed by atoms with van der Waals surface area (Å²) in [7, 11) is 0. The number of nitrogens with two attached hydrogens (primary N) is 1. The number of pyridine rings is 1. The summed E-state index contributed by atoms with van der Waals surface area (Å²) < 4.78 is 0. The molecule has 4 nitrogen and oxygen atoms in total. The van der Waals surface area contributed by atoms with Gasteiger partial charge in [0.2, 0.25) is 5.91 Å². The van der Waals surface area contributed by atoms with Gasteiger partial charge in [0.15, 0.2) is 0 Å². The fourth-order valence-electron chi connectivity index (χ4n) is 1.37. The number of hydrogen-bond donors (Lipinski definition) is 2. The van der Waals surface area contributed by atoms with E-state index in [0.29, 0.717) is 6.42 Å². The maximum Gasteiger partial charge on any atom is 0.217 e. The first-order chi connectivity index (χ1) is 7.68. The van der Waals surface area contributed by atoms with Gasteiger partial charge in [0.05, 0.1) is 5.69 Å². The Kier molecular flexibility index (Phi) is 5.50. The van der Waals surface area contributed by atoms with Crippen molar-refractivity contribution in [1.82, 2.24) is 10.3 Å². The Labute approximate surface area is 96.3 Å². The SMILES string of the molecule is Cc1ccc(CNCCCCC(N)=O)nc1. The van der Waals surface area contributed by atoms with Crippen LogP contribution in [0.15, 0.2) is 18.3 Å². The predicted octanol–water partition coefficient (Wildman–Crippen LogP) is 1.14. The zero-order chi connectivity index (χ0) is 11.8. The number of carbonyl (C=O) groups is 1. The molecule has 4 heteroatoms. The summed E-state index contributed by atoms with van der Waals surface area (Å²) in [6.45, 7) is 3.69. The highest BCUT2D eigenvalue weighted by Gasteiger charge is 1.95. The summed E-state index contributed by atoms with van der Waals surface area (Å²) in [6, 6.07) is 4.07. The third kappa shape index (κ3) is 5.46. The van der Waals surface area contributed by atoms with Gasteiger partial charge in [-0.25, -0.2) is 0 Å². The van der Waals surface area contributed by atoms with Gasteiger partial charge >= 0.3 is 0 Å². The summed E-state index contributed by atoms with van der Waals surface area (Å²) in [4.78, 5) is 14.8. The first kappa shape index (κ1) is 12.6. The minimum absolute atomic E-state index is 0.222. The first-order valence-corrected chi connectivity index (χ1v) is 5.59. The summed E-state index contributed by atoms with van der Waals surface area (Å²) in [5, 5.41) is 3.28. The number of aromatic nitrogens is 1. The Morgan fingerprint density at radius 1 is 1.44 bits per heavy atom. The van der Waals surface area contributed by atoms with E-state index in [4.69, 9.17) is 5.73 Å². The molecule has 0 aliphatic carbocycles. The Balaban J connectivity index is 2.07. The van der Waals surface area contributed by atoms with Gasteiger partial charge in [0, 0.05) is 19.2 Å². The van der Waals surface area contributed by atoms with Gasteiger partial charge in [-0.3, -0.25) is 9.78 Å². The molecule has 0 aromatic carbocycles. The highest BCUT2D eigenvalue weighted by atomic mass is 16.1. The lowest BCUT2D eigenvalue weighted by molar-refractivity contribution is -0.118. The summed E-state index contributed by atoms with van der Waals surface area (Å²) >= 11 is 0. The number of nitrogens with zero attached hydrogens (tertiary/aromatic N) is 1. The second kappa shape index (κ2) is 6.95. The molecule has 0 bridgehead atoms. The van der Waals surface area contributed by atoms with E-state index in [0.717, 1.165) is 31.6 Å². The smallest absolute Gasteiger partial charge is 0.217 e. The molecule has 1 aromatic heterocycles. The molecule has 0 atom stereocenters. The molecule has 0 saturated heterocycles. The number of rotatable bonds is 7. The quantitative estimate of drug-likeness (QED) is 0.678. The van der Waals surface area contributed by atoms with Crippen LogP contribution in [0.5, 0.6) is 0 Å². The Hall–Kier alpha value is -1.42. The molecule has 1 heterocycles. The molecular weight excluding hydrogens is 202 g/mol. The van der Waals surface area contributed by atoms with Crippen LogP contribution in [0, 0.1) is 6.92 Å². The second-order valence-corrected chi connectivity index (χ2v) is 3.93. The van der Waals surface area contributed by atoms with Crippen molar-refractivity contribution in [1.29, 1.82) is 0 Å². The van der Waals surface area contributed by atoms with Gasteiger partial charge in [-0.1, -0.05) is 6.07 Å². The molecule has 0 aliphatic heterocycles. The van der Waals surface area contributed by atoms with Crippen LogP contribution in [0.3, 0.4) is 0 Å². The van der Waals surface area contributed by atoms with E-state index in [1.54, 1.807) is 0 Å². The van der Waals surface area contributed by atoms with Crippen LogP contribution in [0.2, 0.25) is 0 Å². The average Bonchev–Trinajstić information content (AvgIpc) is 2.25. The van der Waals surface area contributed by atoms with Gasteiger partial charge < -0.3 is 11.1 Å². The number of unbranched alkanes of at least 4 members (excludes halogenated alkanes) is 1. The first-order valence-electron chi connectivity index (χ1n) is 5.59. The predicted molar refractivity (Wildman–Crippen MR) is 63.7 cm³/mol. The molecule has 0 aliphatic rings. The van der Waals surface area contributed by atoms with Crippen molar-refractivity contribution < 1.29 is 4.79 Å². The molecule has 0 spiro atoms. The van der Waals surface area contributed by atoms with Crippen molar-refractivity contribution >= 4 is 5.91 Å². The van der Waals surface area contributed by atoms with Gasteiger partial charge in [-0.15, -0.1) is 0 Å². The van der Waals surface area contributed by atoms with Crippen molar-refractivity contribution in [2.24, 2.45) is 5.73 Å². The van der Waals surface area contributed by atoms with Crippen molar-refractivity contribution in [3.05, 3.63) is 29.6 Å². The number of carbonyl (C=O) groups excluding carboxylic acids is 1. The van der Waals surface area contributed by atoms with Crippen molar-refractivity contribution in [3.8, 4) is 0 Å². The number of hydrogen-bond acceptors (Lipinski definition) is 3. The number of amides is 1. The highest BCUT2D eigenvalue weighted by Crippen LogP contribution is 1.98. The van der Waals surface area contributed by atoms with Gasteiger partial charge in [-0.2, -0.15) is 0 Å². The Morgan fingerprint density at radius 3 is 2.88 bits per heavy atom. The second-order valence-electron chi connectivity index (χ2n) is 3.93. The van der Waals surface area contributed by atoms with E-state index in [1.165, 1.54) is 5.56 Å². The van der Waals surface area contributed by atoms with Crippen molar-refractivity contribution in [2.75, 3.05) is 6.54 Å². The molecule has 1 aromatic rings. The molecule has 0 saturated carbocycles. The van der Waals surface area contributed by atoms with Crippen LogP contribution >= 0.6 is 0 Å². The average molecular weight is 221 g/mol. The molecule has 1 rings (SSSR count). The lowest BCUT2D eigenvalue weighted by atomic mass is 10.2. The van der Waals surface area contributed by atoms with Crippen LogP contribution in [-0.4, -0.2) is 17.4 Å². The van der Waals surface area contributed by atoms with E-state index in [2.05, 4.69) is 16.4 Å². The number of aryl methyl sites for hydroxylation is 1. The molecule has 16 heavy (non-hydrogen) atoms. The summed E-state index contributed by atoms with van der Waals surface area (Å²) in [5.74, 6) is -0.222. The maximum absolute atomic E-state index is 10.5. The van der Waals surface area contributed by atoms with Crippen LogP contribution in [0.4, 0.5) is 0 Å². The fourth-order valence-corrected chi connectivity index (χ4v) is 1.37. The van der Waals surface area contributed by atoms with Crippen molar-refractivity contribution in [2.45, 2.75) is 32.7 Å². The van der Waals surface area contributed by atoms with Crippen LogP contribution in [-0.2, 0) is 11.3 Å². The number of nitrogens with one attached hydrogen (secondary N) is 1. The minimum atomic E-state index is -0.222. The van der Waals surface area contributed by atoms with Crippen LogP contribution in [0.25, 0.3) is 0 Å². The Morgan fingerprint density at radius 2 is 2.25 bits per heavy atom. The van der Waals surface area contributed by atoms with E-state index < -0.39 is 0 Å². The topological polar surface area (TPSA) is 68.0 Å². The summed E-state index contributed by atoms with van der Waals surface area (Å²) in [6.07, 6.45) is 4.16. The van der Waals surface area contributed by atoms with E-state index in [9.17, 15) is 4.79 Å². The van der Waals surface area contributed by atoms with Gasteiger partial charge in [0.1, 0.15) is 0 Å². The van der Waals surface area contributed by atoms with Crippen LogP contribution < -0.4 is 11.1 Å². The van der Waals surface area contributed by atoms with E-state index >= 15 is 0 Å². The molecule has 88 valence electrons. The largest absolute Gasteiger partial charge is 0.370 e. The fraction of sp³-hybridized carbons (Fsp3) is 0.500. The normalized spacial score (nSPS) is 10.3. The van der Waals surface area contributed by atoms with Gasteiger partial charge in [0.25, 0.3) is 0 Å². The monoisotopic (exact) mass is 221 g/mol. The molecule has 0 fully saturated rings. The van der Waals surface area contributed by atoms with Crippen LogP contribution in [0.1, 0.15) is 30.5 Å². The van der Waals surface area contributed by atoms with E-state index in [1.807, 2.05) is 19.2 Å². The lowest BCUT2D eigenvalue weighted by Crippen LogP contribution is -2.16. The third-order valence-corrected chi connectivity index (χ3v) is 2.31. The highest BCUT2D eigenvalue weighted by molar-refractivity contribution is 5.73. The zero-order valence-electron chi connectivity index (χ0n) is 9.70. The lowest BCUT2D eigenvalue weighted by Gasteiger charge is -2.03. The molecule has 1 amide bonds.